The van der Waals surface area contributed by atoms with Crippen molar-refractivity contribution in [3.8, 4) is 11.1 Å². The topological polar surface area (TPSA) is 175 Å². The molecule has 0 aliphatic carbocycles. The highest BCUT2D eigenvalue weighted by atomic mass is 35.5. The van der Waals surface area contributed by atoms with Gasteiger partial charge in [-0.2, -0.15) is 0 Å². The van der Waals surface area contributed by atoms with Crippen LogP contribution in [0, 0.1) is 0 Å². The van der Waals surface area contributed by atoms with Crippen LogP contribution in [0.1, 0.15) is 12.0 Å². The highest BCUT2D eigenvalue weighted by molar-refractivity contribution is 6.30. The predicted octanol–water partition coefficient (Wildman–Crippen LogP) is 0.153. The second kappa shape index (κ2) is 11.9. The molecule has 31 heavy (non-hydrogen) atoms. The maximum absolute atomic E-state index is 12.5. The van der Waals surface area contributed by atoms with E-state index in [1.807, 2.05) is 42.5 Å². The molecule has 2 rings (SSSR count). The van der Waals surface area contributed by atoms with Gasteiger partial charge in [0.15, 0.2) is 0 Å². The molecule has 0 aromatic heterocycles. The fraction of sp³-hybridized carbons (Fsp3) is 0.250. The number of aliphatic hydroxyl groups is 1. The molecule has 11 heteroatoms. The molecule has 0 fully saturated rings. The van der Waals surface area contributed by atoms with Crippen molar-refractivity contribution in [3.05, 3.63) is 59.1 Å². The highest BCUT2D eigenvalue weighted by Gasteiger charge is 2.26. The lowest BCUT2D eigenvalue weighted by molar-refractivity contribution is -0.141. The minimum atomic E-state index is -1.31. The molecule has 0 unspecified atom stereocenters. The molecule has 10 nitrogen and oxygen atoms in total. The number of aryl methyl sites for hydroxylation is 1. The van der Waals surface area contributed by atoms with Gasteiger partial charge in [0.1, 0.15) is 6.04 Å². The first-order valence-corrected chi connectivity index (χ1v) is 9.75. The third kappa shape index (κ3) is 7.23. The molecule has 0 aliphatic rings. The van der Waals surface area contributed by atoms with E-state index < -0.39 is 30.6 Å². The summed E-state index contributed by atoms with van der Waals surface area (Å²) in [7, 11) is 0. The molecule has 0 heterocycles. The largest absolute Gasteiger partial charge is 0.480 e. The van der Waals surface area contributed by atoms with Crippen molar-refractivity contribution >= 4 is 29.4 Å². The van der Waals surface area contributed by atoms with Crippen molar-refractivity contribution in [3.63, 3.8) is 0 Å². The van der Waals surface area contributed by atoms with Gasteiger partial charge >= 0.3 is 5.97 Å². The van der Waals surface area contributed by atoms with Gasteiger partial charge in [-0.05, 0) is 41.7 Å². The zero-order valence-electron chi connectivity index (χ0n) is 16.6. The fourth-order valence-corrected chi connectivity index (χ4v) is 3.08. The molecular formula is C20H25ClN6O4. The first-order chi connectivity index (χ1) is 14.9. The molecule has 0 saturated carbocycles. The Hall–Kier alpha value is -3.18. The number of nitrogens with one attached hydrogen (secondary N) is 3. The van der Waals surface area contributed by atoms with Crippen LogP contribution >= 0.6 is 11.6 Å². The first-order valence-electron chi connectivity index (χ1n) is 9.38. The number of rotatable bonds is 9. The monoisotopic (exact) mass is 448 g/mol. The molecular weight excluding hydrogens is 424 g/mol. The smallest absolute Gasteiger partial charge is 0.323 e. The average molecular weight is 449 g/mol. The van der Waals surface area contributed by atoms with E-state index >= 15 is 0 Å². The van der Waals surface area contributed by atoms with Crippen LogP contribution in [-0.4, -0.2) is 46.7 Å². The van der Waals surface area contributed by atoms with Gasteiger partial charge in [-0.3, -0.25) is 25.6 Å². The van der Waals surface area contributed by atoms with Gasteiger partial charge in [0.2, 0.25) is 11.9 Å². The molecule has 2 aromatic rings. The summed E-state index contributed by atoms with van der Waals surface area (Å²) in [6, 6.07) is 12.9. The van der Waals surface area contributed by atoms with Crippen LogP contribution in [0.5, 0.6) is 0 Å². The van der Waals surface area contributed by atoms with Gasteiger partial charge < -0.3 is 16.1 Å². The van der Waals surface area contributed by atoms with E-state index in [1.165, 1.54) is 0 Å². The summed E-state index contributed by atoms with van der Waals surface area (Å²) in [6.07, 6.45) is 0.707. The maximum Gasteiger partial charge on any atom is 0.323 e. The molecule has 9 N–H and O–H groups in total. The van der Waals surface area contributed by atoms with Crippen LogP contribution in [0.2, 0.25) is 5.02 Å². The Morgan fingerprint density at radius 1 is 1.10 bits per heavy atom. The Bertz CT molecular complexity index is 922. The summed E-state index contributed by atoms with van der Waals surface area (Å²) < 4.78 is 0. The first kappa shape index (κ1) is 24.1. The van der Waals surface area contributed by atoms with E-state index in [-0.39, 0.29) is 12.4 Å². The number of carboxylic acid groups (broad SMARTS) is 1. The van der Waals surface area contributed by atoms with Crippen LogP contribution in [0.25, 0.3) is 11.1 Å². The third-order valence-electron chi connectivity index (χ3n) is 4.54. The number of nitrogens with two attached hydrogens (primary N) is 2. The number of hydrogen-bond acceptors (Lipinski definition) is 7. The van der Waals surface area contributed by atoms with Crippen molar-refractivity contribution in [1.82, 2.24) is 16.1 Å². The summed E-state index contributed by atoms with van der Waals surface area (Å²) in [6.45, 7) is -0.680. The molecule has 2 aromatic carbocycles. The number of halogens is 1. The standard InChI is InChI=1S/C20H25ClN6O4/c21-15-3-1-2-14(10-15)13-7-4-12(5-8-13)6-9-16(24-17(11-28)19(30)31)18(29)25-20(26-22)27-23/h1-5,7-8,10,16-17,24,28H,6,9,11,22-23H2,(H,30,31)(H2,25,26,27,29)/t16-,17-/m0/s1. The molecule has 0 aliphatic heterocycles. The molecule has 0 bridgehead atoms. The van der Waals surface area contributed by atoms with E-state index in [4.69, 9.17) is 23.3 Å². The van der Waals surface area contributed by atoms with Gasteiger partial charge in [-0.25, -0.2) is 5.84 Å². The van der Waals surface area contributed by atoms with E-state index in [2.05, 4.69) is 21.2 Å². The van der Waals surface area contributed by atoms with Crippen molar-refractivity contribution in [2.45, 2.75) is 24.9 Å². The summed E-state index contributed by atoms with van der Waals surface area (Å²) in [5.41, 5.74) is 5.02. The second-order valence-corrected chi connectivity index (χ2v) is 7.09. The SMILES string of the molecule is NN=C(NN)NC(=O)[C@H](CCc1ccc(-c2cccc(Cl)c2)cc1)N[C@@H](CO)C(=O)O. The second-order valence-electron chi connectivity index (χ2n) is 6.65. The average Bonchev–Trinajstić information content (AvgIpc) is 2.77. The number of amides is 1. The van der Waals surface area contributed by atoms with E-state index in [0.29, 0.717) is 11.4 Å². The van der Waals surface area contributed by atoms with Crippen molar-refractivity contribution in [2.24, 2.45) is 16.8 Å². The Labute approximate surface area is 184 Å². The lowest BCUT2D eigenvalue weighted by Crippen LogP contribution is -2.56. The van der Waals surface area contributed by atoms with Crippen molar-refractivity contribution in [1.29, 1.82) is 0 Å². The molecule has 0 radical (unpaired) electrons. The van der Waals surface area contributed by atoms with E-state index in [0.717, 1.165) is 16.7 Å². The lowest BCUT2D eigenvalue weighted by Gasteiger charge is -2.22. The number of carbonyl (C=O) groups excluding carboxylic acids is 1. The Kier molecular flexibility index (Phi) is 9.22. The predicted molar refractivity (Wildman–Crippen MR) is 118 cm³/mol. The number of aliphatic carboxylic acids is 1. The number of hydrazine groups is 1. The van der Waals surface area contributed by atoms with Gasteiger partial charge in [-0.15, -0.1) is 5.10 Å². The Morgan fingerprint density at radius 3 is 2.35 bits per heavy atom. The Morgan fingerprint density at radius 2 is 1.81 bits per heavy atom. The number of benzene rings is 2. The lowest BCUT2D eigenvalue weighted by atomic mass is 10.00. The molecule has 166 valence electrons. The summed E-state index contributed by atoms with van der Waals surface area (Å²) in [4.78, 5) is 23.8. The molecule has 1 amide bonds. The number of nitrogens with zero attached hydrogens (tertiary/aromatic N) is 1. The minimum absolute atomic E-state index is 0.182. The number of carboxylic acids is 1. The van der Waals surface area contributed by atoms with Gasteiger partial charge in [0.05, 0.1) is 12.6 Å². The van der Waals surface area contributed by atoms with Crippen molar-refractivity contribution in [2.75, 3.05) is 6.61 Å². The number of guanidine groups is 1. The number of aliphatic hydroxyl groups excluding tert-OH is 1. The highest BCUT2D eigenvalue weighted by Crippen LogP contribution is 2.23. The van der Waals surface area contributed by atoms with Crippen LogP contribution in [0.4, 0.5) is 0 Å². The zero-order chi connectivity index (χ0) is 22.8. The van der Waals surface area contributed by atoms with Gasteiger partial charge in [0, 0.05) is 5.02 Å². The number of hydrazone groups is 1. The van der Waals surface area contributed by atoms with Crippen LogP contribution in [0.15, 0.2) is 53.6 Å². The van der Waals surface area contributed by atoms with Gasteiger partial charge in [-0.1, -0.05) is 48.0 Å². The summed E-state index contributed by atoms with van der Waals surface area (Å²) >= 11 is 6.04. The fourth-order valence-electron chi connectivity index (χ4n) is 2.89. The van der Waals surface area contributed by atoms with Crippen LogP contribution in [-0.2, 0) is 16.0 Å². The summed E-state index contributed by atoms with van der Waals surface area (Å²) in [5, 5.41) is 27.4. The third-order valence-corrected chi connectivity index (χ3v) is 4.78. The maximum atomic E-state index is 12.5. The normalized spacial score (nSPS) is 13.3. The van der Waals surface area contributed by atoms with Crippen LogP contribution in [0.3, 0.4) is 0 Å². The molecule has 0 spiro atoms. The quantitative estimate of drug-likeness (QED) is 0.123. The van der Waals surface area contributed by atoms with Crippen LogP contribution < -0.4 is 27.7 Å². The number of carbonyl (C=O) groups is 2. The summed E-state index contributed by atoms with van der Waals surface area (Å²) in [5.74, 6) is 8.25. The van der Waals surface area contributed by atoms with Crippen molar-refractivity contribution < 1.29 is 19.8 Å². The minimum Gasteiger partial charge on any atom is -0.480 e. The Balaban J connectivity index is 2.10. The number of hydrogen-bond donors (Lipinski definition) is 7. The molecule has 0 saturated heterocycles. The zero-order valence-corrected chi connectivity index (χ0v) is 17.3. The molecule has 2 atom stereocenters. The van der Waals surface area contributed by atoms with E-state index in [1.54, 1.807) is 6.07 Å². The van der Waals surface area contributed by atoms with Gasteiger partial charge in [0.25, 0.3) is 0 Å². The van der Waals surface area contributed by atoms with E-state index in [9.17, 15) is 19.8 Å².